The normalized spacial score (nSPS) is 16.9. The van der Waals surface area contributed by atoms with Crippen molar-refractivity contribution in [1.82, 2.24) is 15.2 Å². The summed E-state index contributed by atoms with van der Waals surface area (Å²) in [6.07, 6.45) is 3.65. The van der Waals surface area contributed by atoms with Gasteiger partial charge in [0, 0.05) is 23.5 Å². The highest BCUT2D eigenvalue weighted by atomic mass is 16.1. The lowest BCUT2D eigenvalue weighted by Gasteiger charge is -2.33. The molecule has 4 heteroatoms. The van der Waals surface area contributed by atoms with Gasteiger partial charge in [0.1, 0.15) is 5.69 Å². The van der Waals surface area contributed by atoms with Crippen LogP contribution in [0.3, 0.4) is 0 Å². The maximum atomic E-state index is 12.6. The number of H-pyrrole nitrogens is 1. The van der Waals surface area contributed by atoms with Crippen LogP contribution in [-0.4, -0.2) is 41.5 Å². The van der Waals surface area contributed by atoms with E-state index < -0.39 is 0 Å². The van der Waals surface area contributed by atoms with Gasteiger partial charge in [0.2, 0.25) is 0 Å². The molecule has 0 aliphatic carbocycles. The molecule has 1 fully saturated rings. The molecular formula is C24H29N3O. The summed E-state index contributed by atoms with van der Waals surface area (Å²) < 4.78 is 0. The highest BCUT2D eigenvalue weighted by Gasteiger charge is 2.21. The Labute approximate surface area is 166 Å². The molecule has 2 N–H and O–H groups in total. The molecule has 0 radical (unpaired) electrons. The average Bonchev–Trinajstić information content (AvgIpc) is 3.15. The van der Waals surface area contributed by atoms with Crippen LogP contribution in [0.2, 0.25) is 0 Å². The summed E-state index contributed by atoms with van der Waals surface area (Å²) in [5, 5.41) is 4.21. The Kier molecular flexibility index (Phi) is 5.77. The number of likely N-dealkylation sites (tertiary alicyclic amines) is 1. The van der Waals surface area contributed by atoms with Gasteiger partial charge in [-0.1, -0.05) is 48.5 Å². The van der Waals surface area contributed by atoms with Gasteiger partial charge in [0.15, 0.2) is 0 Å². The second kappa shape index (κ2) is 8.61. The zero-order chi connectivity index (χ0) is 19.3. The van der Waals surface area contributed by atoms with Crippen LogP contribution in [0.25, 0.3) is 10.9 Å². The SMILES string of the molecule is CC(CN1CCC(Cc2ccccc2)CC1)NC(=O)c1cc2ccccc2[nH]1. The number of nitrogens with one attached hydrogen (secondary N) is 2. The third-order valence-corrected chi connectivity index (χ3v) is 5.76. The number of rotatable bonds is 6. The minimum Gasteiger partial charge on any atom is -0.351 e. The first-order chi connectivity index (χ1) is 13.7. The van der Waals surface area contributed by atoms with E-state index in [9.17, 15) is 4.79 Å². The molecule has 1 aliphatic heterocycles. The Morgan fingerprint density at radius 2 is 1.82 bits per heavy atom. The zero-order valence-electron chi connectivity index (χ0n) is 16.5. The van der Waals surface area contributed by atoms with Gasteiger partial charge in [0.25, 0.3) is 5.91 Å². The van der Waals surface area contributed by atoms with Crippen molar-refractivity contribution in [3.8, 4) is 0 Å². The molecule has 3 aromatic rings. The number of aromatic nitrogens is 1. The number of carbonyl (C=O) groups is 1. The summed E-state index contributed by atoms with van der Waals surface area (Å²) in [5.41, 5.74) is 3.08. The van der Waals surface area contributed by atoms with Gasteiger partial charge in [-0.25, -0.2) is 0 Å². The van der Waals surface area contributed by atoms with Gasteiger partial charge in [-0.3, -0.25) is 4.79 Å². The van der Waals surface area contributed by atoms with Crippen molar-refractivity contribution in [2.75, 3.05) is 19.6 Å². The lowest BCUT2D eigenvalue weighted by atomic mass is 9.90. The molecule has 2 aromatic carbocycles. The fraction of sp³-hybridized carbons (Fsp3) is 0.375. The van der Waals surface area contributed by atoms with Crippen LogP contribution in [-0.2, 0) is 6.42 Å². The molecule has 1 aliphatic rings. The van der Waals surface area contributed by atoms with Crippen molar-refractivity contribution in [3.63, 3.8) is 0 Å². The molecule has 1 aromatic heterocycles. The Hall–Kier alpha value is -2.59. The predicted molar refractivity (Wildman–Crippen MR) is 115 cm³/mol. The van der Waals surface area contributed by atoms with E-state index in [1.165, 1.54) is 24.8 Å². The number of benzene rings is 2. The average molecular weight is 376 g/mol. The van der Waals surface area contributed by atoms with Crippen LogP contribution in [0.15, 0.2) is 60.7 Å². The maximum absolute atomic E-state index is 12.6. The zero-order valence-corrected chi connectivity index (χ0v) is 16.5. The van der Waals surface area contributed by atoms with Gasteiger partial charge in [0.05, 0.1) is 0 Å². The first-order valence-corrected chi connectivity index (χ1v) is 10.3. The van der Waals surface area contributed by atoms with E-state index in [4.69, 9.17) is 0 Å². The van der Waals surface area contributed by atoms with E-state index in [2.05, 4.69) is 52.5 Å². The van der Waals surface area contributed by atoms with Crippen molar-refractivity contribution in [2.24, 2.45) is 5.92 Å². The Morgan fingerprint density at radius 1 is 1.11 bits per heavy atom. The van der Waals surface area contributed by atoms with E-state index in [0.29, 0.717) is 5.69 Å². The summed E-state index contributed by atoms with van der Waals surface area (Å²) in [7, 11) is 0. The quantitative estimate of drug-likeness (QED) is 0.677. The Balaban J connectivity index is 1.24. The second-order valence-corrected chi connectivity index (χ2v) is 8.08. The second-order valence-electron chi connectivity index (χ2n) is 8.08. The maximum Gasteiger partial charge on any atom is 0.267 e. The topological polar surface area (TPSA) is 48.1 Å². The minimum absolute atomic E-state index is 0.0253. The summed E-state index contributed by atoms with van der Waals surface area (Å²) >= 11 is 0. The molecule has 28 heavy (non-hydrogen) atoms. The standard InChI is InChI=1S/C24H29N3O/c1-18(25-24(28)23-16-21-9-5-6-10-22(21)26-23)17-27-13-11-20(12-14-27)15-19-7-3-2-4-8-19/h2-10,16,18,20,26H,11-15,17H2,1H3,(H,25,28). The van der Waals surface area contributed by atoms with Gasteiger partial charge >= 0.3 is 0 Å². The monoisotopic (exact) mass is 375 g/mol. The molecule has 1 unspecified atom stereocenters. The van der Waals surface area contributed by atoms with Crippen LogP contribution in [0.1, 0.15) is 35.8 Å². The predicted octanol–water partition coefficient (Wildman–Crippen LogP) is 4.24. The highest BCUT2D eigenvalue weighted by Crippen LogP contribution is 2.22. The third-order valence-electron chi connectivity index (χ3n) is 5.76. The molecule has 0 spiro atoms. The number of carbonyl (C=O) groups excluding carboxylic acids is 1. The lowest BCUT2D eigenvalue weighted by molar-refractivity contribution is 0.0916. The van der Waals surface area contributed by atoms with Crippen LogP contribution >= 0.6 is 0 Å². The summed E-state index contributed by atoms with van der Waals surface area (Å²) in [6.45, 7) is 5.23. The molecule has 1 atom stereocenters. The Bertz CT molecular complexity index is 877. The number of fused-ring (bicyclic) bond motifs is 1. The smallest absolute Gasteiger partial charge is 0.267 e. The lowest BCUT2D eigenvalue weighted by Crippen LogP contribution is -2.45. The highest BCUT2D eigenvalue weighted by molar-refractivity contribution is 5.98. The molecule has 146 valence electrons. The van der Waals surface area contributed by atoms with E-state index in [0.717, 1.165) is 36.5 Å². The molecule has 0 saturated carbocycles. The largest absolute Gasteiger partial charge is 0.351 e. The summed E-state index contributed by atoms with van der Waals surface area (Å²) in [4.78, 5) is 18.3. The molecule has 4 rings (SSSR count). The van der Waals surface area contributed by atoms with Crippen LogP contribution in [0.4, 0.5) is 0 Å². The van der Waals surface area contributed by atoms with E-state index >= 15 is 0 Å². The molecule has 2 heterocycles. The van der Waals surface area contributed by atoms with E-state index in [1.807, 2.05) is 30.3 Å². The fourth-order valence-corrected chi connectivity index (χ4v) is 4.25. The molecular weight excluding hydrogens is 346 g/mol. The molecule has 1 saturated heterocycles. The number of nitrogens with zero attached hydrogens (tertiary/aromatic N) is 1. The van der Waals surface area contributed by atoms with E-state index in [1.54, 1.807) is 0 Å². The van der Waals surface area contributed by atoms with Crippen molar-refractivity contribution in [2.45, 2.75) is 32.2 Å². The van der Waals surface area contributed by atoms with Crippen molar-refractivity contribution >= 4 is 16.8 Å². The fourth-order valence-electron chi connectivity index (χ4n) is 4.25. The number of piperidine rings is 1. The van der Waals surface area contributed by atoms with Crippen LogP contribution in [0, 0.1) is 5.92 Å². The molecule has 1 amide bonds. The van der Waals surface area contributed by atoms with Gasteiger partial charge in [-0.05, 0) is 62.9 Å². The number of amides is 1. The van der Waals surface area contributed by atoms with E-state index in [-0.39, 0.29) is 11.9 Å². The molecule has 0 bridgehead atoms. The van der Waals surface area contributed by atoms with Crippen molar-refractivity contribution in [3.05, 3.63) is 71.9 Å². The van der Waals surface area contributed by atoms with Gasteiger partial charge in [-0.15, -0.1) is 0 Å². The number of hydrogen-bond acceptors (Lipinski definition) is 2. The van der Waals surface area contributed by atoms with Crippen molar-refractivity contribution in [1.29, 1.82) is 0 Å². The number of hydrogen-bond donors (Lipinski definition) is 2. The third kappa shape index (κ3) is 4.63. The minimum atomic E-state index is -0.0253. The van der Waals surface area contributed by atoms with Gasteiger partial charge in [-0.2, -0.15) is 0 Å². The molecule has 4 nitrogen and oxygen atoms in total. The van der Waals surface area contributed by atoms with Crippen LogP contribution in [0.5, 0.6) is 0 Å². The first kappa shape index (κ1) is 18.8. The first-order valence-electron chi connectivity index (χ1n) is 10.3. The van der Waals surface area contributed by atoms with Crippen LogP contribution < -0.4 is 5.32 Å². The van der Waals surface area contributed by atoms with Crippen molar-refractivity contribution < 1.29 is 4.79 Å². The summed E-state index contributed by atoms with van der Waals surface area (Å²) in [6, 6.07) is 20.8. The number of aromatic amines is 1. The number of para-hydroxylation sites is 1. The van der Waals surface area contributed by atoms with Gasteiger partial charge < -0.3 is 15.2 Å². The summed E-state index contributed by atoms with van der Waals surface area (Å²) in [5.74, 6) is 0.748. The Morgan fingerprint density at radius 3 is 2.57 bits per heavy atom.